The first-order valence-corrected chi connectivity index (χ1v) is 2.86. The van der Waals surface area contributed by atoms with E-state index in [1.165, 1.54) is 13.8 Å². The Balaban J connectivity index is 4.22. The maximum absolute atomic E-state index is 10.1. The molecule has 60 valence electrons. The first-order valence-electron chi connectivity index (χ1n) is 2.86. The molecule has 0 aromatic rings. The van der Waals surface area contributed by atoms with E-state index in [4.69, 9.17) is 10.2 Å². The average molecular weight is 149 g/mol. The molecule has 0 amide bonds. The van der Waals surface area contributed by atoms with Crippen LogP contribution in [-0.4, -0.2) is 33.4 Å². The summed E-state index contributed by atoms with van der Waals surface area (Å²) in [6.07, 6.45) is 0. The van der Waals surface area contributed by atoms with Crippen LogP contribution in [0.15, 0.2) is 0 Å². The van der Waals surface area contributed by atoms with Gasteiger partial charge in [-0.1, -0.05) is 0 Å². The molecule has 0 fully saturated rings. The zero-order valence-electron chi connectivity index (χ0n) is 5.94. The second kappa shape index (κ2) is 2.94. The lowest BCUT2D eigenvalue weighted by molar-refractivity contribution is -0.546. The summed E-state index contributed by atoms with van der Waals surface area (Å²) in [6, 6.07) is -1.30. The molecule has 0 saturated carbocycles. The summed E-state index contributed by atoms with van der Waals surface area (Å²) in [7, 11) is 0. The molecule has 0 bridgehead atoms. The molecule has 5 heteroatoms. The first kappa shape index (κ1) is 9.32. The summed E-state index contributed by atoms with van der Waals surface area (Å²) in [5.74, 6) is 0. The molecule has 10 heavy (non-hydrogen) atoms. The summed E-state index contributed by atoms with van der Waals surface area (Å²) in [4.78, 5) is 9.37. The van der Waals surface area contributed by atoms with Crippen molar-refractivity contribution in [2.24, 2.45) is 0 Å². The summed E-state index contributed by atoms with van der Waals surface area (Å²) in [6.45, 7) is 1.93. The van der Waals surface area contributed by atoms with Crippen molar-refractivity contribution in [2.75, 3.05) is 6.61 Å². The fourth-order valence-electron chi connectivity index (χ4n) is 0.548. The van der Waals surface area contributed by atoms with E-state index in [1.54, 1.807) is 0 Å². The van der Waals surface area contributed by atoms with Crippen LogP contribution < -0.4 is 0 Å². The molecule has 0 radical (unpaired) electrons. The van der Waals surface area contributed by atoms with E-state index in [0.717, 1.165) is 0 Å². The highest BCUT2D eigenvalue weighted by atomic mass is 16.6. The monoisotopic (exact) mass is 149 g/mol. The Morgan fingerprint density at radius 1 is 1.70 bits per heavy atom. The van der Waals surface area contributed by atoms with E-state index in [2.05, 4.69) is 0 Å². The smallest absolute Gasteiger partial charge is 0.263 e. The Kier molecular flexibility index (Phi) is 2.74. The number of rotatable bonds is 3. The van der Waals surface area contributed by atoms with Gasteiger partial charge in [-0.3, -0.25) is 10.1 Å². The molecule has 0 heterocycles. The van der Waals surface area contributed by atoms with E-state index in [0.29, 0.717) is 0 Å². The quantitative estimate of drug-likeness (QED) is 0.414. The van der Waals surface area contributed by atoms with Crippen molar-refractivity contribution in [1.82, 2.24) is 0 Å². The lowest BCUT2D eigenvalue weighted by atomic mass is 10.0. The molecule has 5 nitrogen and oxygen atoms in total. The Morgan fingerprint density at radius 2 is 2.10 bits per heavy atom. The highest BCUT2D eigenvalue weighted by molar-refractivity contribution is 4.75. The highest BCUT2D eigenvalue weighted by Gasteiger charge is 2.36. The van der Waals surface area contributed by atoms with Gasteiger partial charge in [-0.2, -0.15) is 0 Å². The summed E-state index contributed by atoms with van der Waals surface area (Å²) in [5.41, 5.74) is -1.46. The van der Waals surface area contributed by atoms with Crippen LogP contribution in [0.25, 0.3) is 0 Å². The van der Waals surface area contributed by atoms with E-state index in [1.807, 2.05) is 0 Å². The third-order valence-electron chi connectivity index (χ3n) is 1.24. The van der Waals surface area contributed by atoms with Gasteiger partial charge in [0.1, 0.15) is 12.2 Å². The van der Waals surface area contributed by atoms with E-state index >= 15 is 0 Å². The summed E-state index contributed by atoms with van der Waals surface area (Å²) >= 11 is 0. The third-order valence-corrected chi connectivity index (χ3v) is 1.24. The Hall–Kier alpha value is -0.680. The molecule has 0 rings (SSSR count). The van der Waals surface area contributed by atoms with Crippen molar-refractivity contribution < 1.29 is 15.1 Å². The molecule has 0 aromatic heterocycles. The minimum Gasteiger partial charge on any atom is -0.389 e. The zero-order valence-corrected chi connectivity index (χ0v) is 5.94. The standard InChI is InChI=1S/C5H11NO4/c1-5(2,8)4(3-7)6(9)10/h4,7-8H,3H2,1-2H3. The van der Waals surface area contributed by atoms with Gasteiger partial charge in [-0.25, -0.2) is 0 Å². The highest BCUT2D eigenvalue weighted by Crippen LogP contribution is 2.10. The molecule has 0 aliphatic heterocycles. The number of hydrogen-bond acceptors (Lipinski definition) is 4. The van der Waals surface area contributed by atoms with Crippen molar-refractivity contribution >= 4 is 0 Å². The number of nitrogens with zero attached hydrogens (tertiary/aromatic N) is 1. The minimum atomic E-state index is -1.46. The Morgan fingerprint density at radius 3 is 2.10 bits per heavy atom. The maximum atomic E-state index is 10.1. The second-order valence-electron chi connectivity index (χ2n) is 2.64. The predicted molar refractivity (Wildman–Crippen MR) is 34.2 cm³/mol. The van der Waals surface area contributed by atoms with E-state index < -0.39 is 23.2 Å². The van der Waals surface area contributed by atoms with Crippen molar-refractivity contribution in [3.63, 3.8) is 0 Å². The first-order chi connectivity index (χ1) is 4.39. The van der Waals surface area contributed by atoms with Crippen molar-refractivity contribution in [2.45, 2.75) is 25.5 Å². The van der Waals surface area contributed by atoms with Gasteiger partial charge in [0.15, 0.2) is 0 Å². The Bertz CT molecular complexity index is 128. The topological polar surface area (TPSA) is 83.6 Å². The number of nitro groups is 1. The third kappa shape index (κ3) is 2.28. The molecule has 2 N–H and O–H groups in total. The van der Waals surface area contributed by atoms with Crippen molar-refractivity contribution in [3.8, 4) is 0 Å². The maximum Gasteiger partial charge on any atom is 0.263 e. The normalized spacial score (nSPS) is 14.8. The second-order valence-corrected chi connectivity index (χ2v) is 2.64. The number of aliphatic hydroxyl groups is 2. The van der Waals surface area contributed by atoms with E-state index in [-0.39, 0.29) is 0 Å². The molecular formula is C5H11NO4. The molecule has 0 aromatic carbocycles. The van der Waals surface area contributed by atoms with Crippen molar-refractivity contribution in [3.05, 3.63) is 10.1 Å². The van der Waals surface area contributed by atoms with Crippen LogP contribution in [0.3, 0.4) is 0 Å². The lowest BCUT2D eigenvalue weighted by Gasteiger charge is -2.19. The van der Waals surface area contributed by atoms with Crippen LogP contribution >= 0.6 is 0 Å². The van der Waals surface area contributed by atoms with E-state index in [9.17, 15) is 10.1 Å². The zero-order chi connectivity index (χ0) is 8.36. The molecule has 0 saturated heterocycles. The fourth-order valence-corrected chi connectivity index (χ4v) is 0.548. The van der Waals surface area contributed by atoms with Gasteiger partial charge < -0.3 is 10.2 Å². The summed E-state index contributed by atoms with van der Waals surface area (Å²) in [5, 5.41) is 27.5. The number of hydrogen-bond donors (Lipinski definition) is 2. The molecule has 0 spiro atoms. The molecule has 0 aliphatic rings. The van der Waals surface area contributed by atoms with Crippen LogP contribution in [0.5, 0.6) is 0 Å². The minimum absolute atomic E-state index is 0.642. The summed E-state index contributed by atoms with van der Waals surface area (Å²) < 4.78 is 0. The molecule has 0 aliphatic carbocycles. The molecule has 1 atom stereocenters. The van der Waals surface area contributed by atoms with Crippen LogP contribution in [0.1, 0.15) is 13.8 Å². The van der Waals surface area contributed by atoms with Gasteiger partial charge in [0, 0.05) is 4.92 Å². The van der Waals surface area contributed by atoms with Crippen molar-refractivity contribution in [1.29, 1.82) is 0 Å². The largest absolute Gasteiger partial charge is 0.389 e. The van der Waals surface area contributed by atoms with Gasteiger partial charge in [0.25, 0.3) is 6.04 Å². The van der Waals surface area contributed by atoms with Gasteiger partial charge in [-0.05, 0) is 13.8 Å². The van der Waals surface area contributed by atoms with Crippen LogP contribution in [-0.2, 0) is 0 Å². The molecular weight excluding hydrogens is 138 g/mol. The van der Waals surface area contributed by atoms with Gasteiger partial charge >= 0.3 is 0 Å². The van der Waals surface area contributed by atoms with Gasteiger partial charge in [0.05, 0.1) is 0 Å². The van der Waals surface area contributed by atoms with Gasteiger partial charge in [0.2, 0.25) is 0 Å². The Labute approximate surface area is 58.4 Å². The predicted octanol–water partition coefficient (Wildman–Crippen LogP) is -0.605. The number of aliphatic hydroxyl groups excluding tert-OH is 1. The SMILES string of the molecule is CC(C)(O)C(CO)[N+](=O)[O-]. The molecule has 1 unspecified atom stereocenters. The van der Waals surface area contributed by atoms with Crippen LogP contribution in [0.2, 0.25) is 0 Å². The van der Waals surface area contributed by atoms with Gasteiger partial charge in [-0.15, -0.1) is 0 Å². The lowest BCUT2D eigenvalue weighted by Crippen LogP contribution is -2.44. The van der Waals surface area contributed by atoms with Crippen LogP contribution in [0.4, 0.5) is 0 Å². The van der Waals surface area contributed by atoms with Crippen LogP contribution in [0, 0.1) is 10.1 Å². The average Bonchev–Trinajstić information content (AvgIpc) is 1.60. The fraction of sp³-hybridized carbons (Fsp3) is 1.00.